The fraction of sp³-hybridized carbons (Fsp3) is 0.600. The predicted octanol–water partition coefficient (Wildman–Crippen LogP) is 2.74. The van der Waals surface area contributed by atoms with Crippen LogP contribution >= 0.6 is 11.8 Å². The lowest BCUT2D eigenvalue weighted by molar-refractivity contribution is 0.294. The molecule has 2 rings (SSSR count). The maximum atomic E-state index is 3.47. The zero-order chi connectivity index (χ0) is 12.6. The van der Waals surface area contributed by atoms with Crippen LogP contribution in [-0.4, -0.2) is 36.0 Å². The van der Waals surface area contributed by atoms with Gasteiger partial charge >= 0.3 is 0 Å². The van der Waals surface area contributed by atoms with Gasteiger partial charge in [0.1, 0.15) is 0 Å². The summed E-state index contributed by atoms with van der Waals surface area (Å²) in [5.41, 5.74) is 2.87. The minimum atomic E-state index is 0.998. The van der Waals surface area contributed by atoms with E-state index >= 15 is 0 Å². The minimum absolute atomic E-state index is 0.998. The molecule has 1 heterocycles. The molecule has 0 spiro atoms. The number of hydrogen-bond donors (Lipinski definition) is 1. The molecule has 0 radical (unpaired) electrons. The third kappa shape index (κ3) is 4.63. The molecule has 1 fully saturated rings. The minimum Gasteiger partial charge on any atom is -0.313 e. The number of hydrogen-bond acceptors (Lipinski definition) is 3. The molecule has 0 saturated carbocycles. The summed E-state index contributed by atoms with van der Waals surface area (Å²) in [6, 6.07) is 9.02. The Hall–Kier alpha value is -0.510. The first-order chi connectivity index (χ1) is 8.88. The van der Waals surface area contributed by atoms with E-state index in [1.807, 2.05) is 0 Å². The van der Waals surface area contributed by atoms with Crippen LogP contribution in [0.15, 0.2) is 24.3 Å². The number of nitrogens with zero attached hydrogens (tertiary/aromatic N) is 1. The summed E-state index contributed by atoms with van der Waals surface area (Å²) in [7, 11) is 0. The fourth-order valence-corrected chi connectivity index (χ4v) is 3.24. The number of benzene rings is 1. The van der Waals surface area contributed by atoms with Crippen LogP contribution in [0.25, 0.3) is 0 Å². The van der Waals surface area contributed by atoms with E-state index in [2.05, 4.69) is 53.2 Å². The molecule has 1 saturated heterocycles. The first-order valence-corrected chi connectivity index (χ1v) is 8.12. The summed E-state index contributed by atoms with van der Waals surface area (Å²) in [6.45, 7) is 7.90. The van der Waals surface area contributed by atoms with Crippen molar-refractivity contribution in [1.82, 2.24) is 10.2 Å². The average Bonchev–Trinajstić information content (AvgIpc) is 2.41. The molecule has 0 bridgehead atoms. The molecule has 100 valence electrons. The summed E-state index contributed by atoms with van der Waals surface area (Å²) in [6.07, 6.45) is 1.20. The van der Waals surface area contributed by atoms with Crippen LogP contribution in [0.1, 0.15) is 24.5 Å². The highest BCUT2D eigenvalue weighted by Gasteiger charge is 2.10. The van der Waals surface area contributed by atoms with Gasteiger partial charge in [0.2, 0.25) is 0 Å². The molecular weight excluding hydrogens is 240 g/mol. The zero-order valence-corrected chi connectivity index (χ0v) is 12.1. The number of thioether (sulfide) groups is 1. The molecule has 1 aliphatic rings. The second kappa shape index (κ2) is 7.82. The molecule has 2 nitrogen and oxygen atoms in total. The Morgan fingerprint density at radius 3 is 2.78 bits per heavy atom. The van der Waals surface area contributed by atoms with Gasteiger partial charge < -0.3 is 5.32 Å². The highest BCUT2D eigenvalue weighted by Crippen LogP contribution is 2.13. The van der Waals surface area contributed by atoms with Gasteiger partial charge in [-0.2, -0.15) is 11.8 Å². The summed E-state index contributed by atoms with van der Waals surface area (Å²) in [5.74, 6) is 2.58. The van der Waals surface area contributed by atoms with Crippen LogP contribution in [0.4, 0.5) is 0 Å². The zero-order valence-electron chi connectivity index (χ0n) is 11.3. The molecular formula is C15H24N2S. The molecule has 0 atom stereocenters. The third-order valence-corrected chi connectivity index (χ3v) is 4.20. The van der Waals surface area contributed by atoms with Gasteiger partial charge in [0.05, 0.1) is 0 Å². The lowest BCUT2D eigenvalue weighted by Gasteiger charge is -2.26. The van der Waals surface area contributed by atoms with Gasteiger partial charge in [0, 0.05) is 37.7 Å². The lowest BCUT2D eigenvalue weighted by Crippen LogP contribution is -2.32. The van der Waals surface area contributed by atoms with Crippen LogP contribution in [0.5, 0.6) is 0 Å². The monoisotopic (exact) mass is 264 g/mol. The quantitative estimate of drug-likeness (QED) is 0.795. The summed E-state index contributed by atoms with van der Waals surface area (Å²) < 4.78 is 0. The fourth-order valence-electron chi connectivity index (χ4n) is 2.26. The van der Waals surface area contributed by atoms with Crippen LogP contribution in [0.3, 0.4) is 0 Å². The van der Waals surface area contributed by atoms with Gasteiger partial charge in [0.15, 0.2) is 0 Å². The molecule has 3 heteroatoms. The van der Waals surface area contributed by atoms with Crippen LogP contribution in [-0.2, 0) is 13.1 Å². The lowest BCUT2D eigenvalue weighted by atomic mass is 10.1. The third-order valence-electron chi connectivity index (χ3n) is 3.26. The Bertz CT molecular complexity index is 348. The van der Waals surface area contributed by atoms with Crippen molar-refractivity contribution in [2.24, 2.45) is 0 Å². The van der Waals surface area contributed by atoms with Crippen molar-refractivity contribution >= 4 is 11.8 Å². The second-order valence-electron chi connectivity index (χ2n) is 4.89. The topological polar surface area (TPSA) is 15.3 Å². The van der Waals surface area contributed by atoms with Gasteiger partial charge in [-0.05, 0) is 24.1 Å². The Labute approximate surface area is 115 Å². The standard InChI is InChI=1S/C15H24N2S/c1-2-6-16-12-14-4-3-5-15(11-14)13-17-7-9-18-10-8-17/h3-5,11,16H,2,6-10,12-13H2,1H3. The first-order valence-electron chi connectivity index (χ1n) is 6.97. The van der Waals surface area contributed by atoms with Crippen molar-refractivity contribution in [1.29, 1.82) is 0 Å². The smallest absolute Gasteiger partial charge is 0.0234 e. The molecule has 18 heavy (non-hydrogen) atoms. The van der Waals surface area contributed by atoms with Crippen LogP contribution in [0.2, 0.25) is 0 Å². The van der Waals surface area contributed by atoms with E-state index in [1.165, 1.54) is 42.1 Å². The van der Waals surface area contributed by atoms with Crippen molar-refractivity contribution in [2.45, 2.75) is 26.4 Å². The highest BCUT2D eigenvalue weighted by atomic mass is 32.2. The van der Waals surface area contributed by atoms with Crippen LogP contribution in [0, 0.1) is 0 Å². The summed E-state index contributed by atoms with van der Waals surface area (Å²) >= 11 is 2.07. The van der Waals surface area contributed by atoms with Gasteiger partial charge in [-0.25, -0.2) is 0 Å². The van der Waals surface area contributed by atoms with E-state index in [4.69, 9.17) is 0 Å². The van der Waals surface area contributed by atoms with Crippen LogP contribution < -0.4 is 5.32 Å². The molecule has 0 aliphatic carbocycles. The molecule has 1 aromatic carbocycles. The molecule has 0 aromatic heterocycles. The van der Waals surface area contributed by atoms with E-state index in [1.54, 1.807) is 0 Å². The molecule has 1 aliphatic heterocycles. The average molecular weight is 264 g/mol. The van der Waals surface area contributed by atoms with Crippen molar-refractivity contribution in [3.63, 3.8) is 0 Å². The van der Waals surface area contributed by atoms with Crippen molar-refractivity contribution < 1.29 is 0 Å². The Kier molecular flexibility index (Phi) is 6.05. The largest absolute Gasteiger partial charge is 0.313 e. The van der Waals surface area contributed by atoms with Crippen molar-refractivity contribution in [2.75, 3.05) is 31.1 Å². The summed E-state index contributed by atoms with van der Waals surface area (Å²) in [4.78, 5) is 2.56. The Balaban J connectivity index is 1.85. The van der Waals surface area contributed by atoms with Crippen molar-refractivity contribution in [3.8, 4) is 0 Å². The van der Waals surface area contributed by atoms with E-state index in [0.717, 1.165) is 19.6 Å². The van der Waals surface area contributed by atoms with Gasteiger partial charge in [-0.15, -0.1) is 0 Å². The predicted molar refractivity (Wildman–Crippen MR) is 81.0 cm³/mol. The maximum Gasteiger partial charge on any atom is 0.0234 e. The van der Waals surface area contributed by atoms with E-state index < -0.39 is 0 Å². The van der Waals surface area contributed by atoms with E-state index in [9.17, 15) is 0 Å². The Morgan fingerprint density at radius 2 is 2.00 bits per heavy atom. The second-order valence-corrected chi connectivity index (χ2v) is 6.11. The highest BCUT2D eigenvalue weighted by molar-refractivity contribution is 7.99. The van der Waals surface area contributed by atoms with Gasteiger partial charge in [-0.1, -0.05) is 31.2 Å². The maximum absolute atomic E-state index is 3.47. The van der Waals surface area contributed by atoms with Gasteiger partial charge in [-0.3, -0.25) is 4.90 Å². The number of nitrogens with one attached hydrogen (secondary N) is 1. The van der Waals surface area contributed by atoms with E-state index in [-0.39, 0.29) is 0 Å². The molecule has 1 N–H and O–H groups in total. The number of rotatable bonds is 6. The van der Waals surface area contributed by atoms with Gasteiger partial charge in [0.25, 0.3) is 0 Å². The molecule has 0 unspecified atom stereocenters. The van der Waals surface area contributed by atoms with E-state index in [0.29, 0.717) is 0 Å². The SMILES string of the molecule is CCCNCc1cccc(CN2CCSCC2)c1. The Morgan fingerprint density at radius 1 is 1.22 bits per heavy atom. The summed E-state index contributed by atoms with van der Waals surface area (Å²) in [5, 5.41) is 3.47. The first kappa shape index (κ1) is 13.9. The molecule has 0 amide bonds. The van der Waals surface area contributed by atoms with Crippen molar-refractivity contribution in [3.05, 3.63) is 35.4 Å². The normalized spacial score (nSPS) is 16.9. The molecule has 1 aromatic rings.